The molecule has 0 unspecified atom stereocenters. The molecule has 0 bridgehead atoms. The van der Waals surface area contributed by atoms with Gasteiger partial charge in [-0.15, -0.1) is 10.2 Å². The number of carbonyl (C=O) groups excluding carboxylic acids is 1. The summed E-state index contributed by atoms with van der Waals surface area (Å²) in [6.45, 7) is 5.93. The number of aryl methyl sites for hydroxylation is 1. The summed E-state index contributed by atoms with van der Waals surface area (Å²) in [4.78, 5) is 28.9. The summed E-state index contributed by atoms with van der Waals surface area (Å²) < 4.78 is 2.26. The van der Waals surface area contributed by atoms with E-state index in [1.807, 2.05) is 32.9 Å². The number of aromatic nitrogens is 4. The fourth-order valence-electron chi connectivity index (χ4n) is 2.65. The summed E-state index contributed by atoms with van der Waals surface area (Å²) in [6, 6.07) is 5.30. The maximum Gasteiger partial charge on any atom is 0.258 e. The lowest BCUT2D eigenvalue weighted by atomic mass is 10.0. The summed E-state index contributed by atoms with van der Waals surface area (Å²) in [7, 11) is 0. The van der Waals surface area contributed by atoms with E-state index in [0.29, 0.717) is 22.2 Å². The summed E-state index contributed by atoms with van der Waals surface area (Å²) >= 11 is 2.77. The van der Waals surface area contributed by atoms with Crippen molar-refractivity contribution >= 4 is 39.8 Å². The number of amides is 1. The van der Waals surface area contributed by atoms with E-state index >= 15 is 0 Å². The quantitative estimate of drug-likeness (QED) is 0.480. The summed E-state index contributed by atoms with van der Waals surface area (Å²) in [5.41, 5.74) is 2.21. The molecule has 0 aliphatic rings. The van der Waals surface area contributed by atoms with Gasteiger partial charge in [0.05, 0.1) is 5.69 Å². The van der Waals surface area contributed by atoms with Crippen molar-refractivity contribution in [2.45, 2.75) is 43.7 Å². The van der Waals surface area contributed by atoms with Crippen molar-refractivity contribution in [2.75, 3.05) is 5.32 Å². The molecule has 1 amide bonds. The Hall–Kier alpha value is -2.26. The van der Waals surface area contributed by atoms with Crippen molar-refractivity contribution in [3.05, 3.63) is 46.0 Å². The molecule has 0 atom stereocenters. The minimum atomic E-state index is -0.102. The van der Waals surface area contributed by atoms with Crippen molar-refractivity contribution in [3.8, 4) is 0 Å². The van der Waals surface area contributed by atoms with Gasteiger partial charge < -0.3 is 5.32 Å². The monoisotopic (exact) mass is 403 g/mol. The highest BCUT2D eigenvalue weighted by molar-refractivity contribution is 8.00. The second-order valence-corrected chi connectivity index (χ2v) is 8.38. The van der Waals surface area contributed by atoms with E-state index in [0.717, 1.165) is 22.7 Å². The van der Waals surface area contributed by atoms with E-state index in [9.17, 15) is 9.59 Å². The number of hydrogen-bond donors (Lipinski definition) is 1. The van der Waals surface area contributed by atoms with Crippen LogP contribution in [-0.2, 0) is 10.5 Å². The van der Waals surface area contributed by atoms with Crippen LogP contribution in [0.15, 0.2) is 33.5 Å². The van der Waals surface area contributed by atoms with Crippen molar-refractivity contribution in [2.24, 2.45) is 5.92 Å². The van der Waals surface area contributed by atoms with Gasteiger partial charge in [-0.1, -0.05) is 43.0 Å². The van der Waals surface area contributed by atoms with Crippen LogP contribution in [-0.4, -0.2) is 25.5 Å². The van der Waals surface area contributed by atoms with Crippen LogP contribution in [0.1, 0.15) is 37.9 Å². The molecule has 27 heavy (non-hydrogen) atoms. The van der Waals surface area contributed by atoms with Crippen molar-refractivity contribution in [3.63, 3.8) is 0 Å². The van der Waals surface area contributed by atoms with Gasteiger partial charge in [0, 0.05) is 23.9 Å². The van der Waals surface area contributed by atoms with Crippen LogP contribution in [0.25, 0.3) is 5.65 Å². The topological polar surface area (TPSA) is 89.2 Å². The number of nitrogens with zero attached hydrogens (tertiary/aromatic N) is 4. The van der Waals surface area contributed by atoms with E-state index in [-0.39, 0.29) is 17.4 Å². The Labute approximate surface area is 165 Å². The highest BCUT2D eigenvalue weighted by atomic mass is 32.2. The van der Waals surface area contributed by atoms with Crippen LogP contribution in [0.3, 0.4) is 0 Å². The molecule has 7 nitrogen and oxygen atoms in total. The molecule has 3 aromatic rings. The second kappa shape index (κ2) is 8.62. The zero-order chi connectivity index (χ0) is 19.4. The van der Waals surface area contributed by atoms with Crippen LogP contribution in [0.5, 0.6) is 0 Å². The zero-order valence-corrected chi connectivity index (χ0v) is 17.1. The predicted molar refractivity (Wildman–Crippen MR) is 108 cm³/mol. The van der Waals surface area contributed by atoms with Gasteiger partial charge in [-0.25, -0.2) is 4.98 Å². The maximum absolute atomic E-state index is 12.3. The number of hydrogen-bond acceptors (Lipinski definition) is 7. The predicted octanol–water partition coefficient (Wildman–Crippen LogP) is 3.52. The normalized spacial score (nSPS) is 11.3. The molecule has 0 aliphatic heterocycles. The van der Waals surface area contributed by atoms with Crippen molar-refractivity contribution in [1.82, 2.24) is 19.6 Å². The van der Waals surface area contributed by atoms with Crippen molar-refractivity contribution < 1.29 is 4.79 Å². The van der Waals surface area contributed by atoms with Gasteiger partial charge in [0.2, 0.25) is 11.0 Å². The van der Waals surface area contributed by atoms with Gasteiger partial charge >= 0.3 is 0 Å². The number of fused-ring (bicyclic) bond motifs is 1. The van der Waals surface area contributed by atoms with E-state index in [2.05, 4.69) is 20.5 Å². The molecule has 0 aromatic carbocycles. The van der Waals surface area contributed by atoms with E-state index in [4.69, 9.17) is 0 Å². The molecule has 0 aliphatic carbocycles. The molecule has 0 radical (unpaired) electrons. The van der Waals surface area contributed by atoms with E-state index in [1.165, 1.54) is 29.2 Å². The molecule has 0 fully saturated rings. The summed E-state index contributed by atoms with van der Waals surface area (Å²) in [5.74, 6) is 0.477. The standard InChI is InChI=1S/C18H21N5O2S2/c1-4-12(5-2)16(25)20-17-21-22-18(27-17)26-10-13-8-15(24)23-9-11(3)6-7-14(23)19-13/h6-9,12H,4-5,10H2,1-3H3,(H,20,21,25). The molecule has 3 heterocycles. The fourth-order valence-corrected chi connectivity index (χ4v) is 4.30. The SMILES string of the molecule is CCC(CC)C(=O)Nc1nnc(SCc2cc(=O)n3cc(C)ccc3n2)s1. The third-order valence-electron chi connectivity index (χ3n) is 4.20. The molecule has 142 valence electrons. The number of rotatable bonds is 7. The Morgan fingerprint density at radius 2 is 2.07 bits per heavy atom. The highest BCUT2D eigenvalue weighted by Gasteiger charge is 2.16. The van der Waals surface area contributed by atoms with Crippen LogP contribution >= 0.6 is 23.1 Å². The lowest BCUT2D eigenvalue weighted by Gasteiger charge is -2.09. The Morgan fingerprint density at radius 3 is 2.81 bits per heavy atom. The minimum absolute atomic E-state index is 0.0107. The van der Waals surface area contributed by atoms with Gasteiger partial charge in [0.1, 0.15) is 5.65 Å². The smallest absolute Gasteiger partial charge is 0.258 e. The fraction of sp³-hybridized carbons (Fsp3) is 0.389. The van der Waals surface area contributed by atoms with Crippen LogP contribution in [0.2, 0.25) is 0 Å². The second-order valence-electron chi connectivity index (χ2n) is 6.18. The Balaban J connectivity index is 1.66. The Morgan fingerprint density at radius 1 is 1.30 bits per heavy atom. The lowest BCUT2D eigenvalue weighted by Crippen LogP contribution is -2.21. The van der Waals surface area contributed by atoms with Gasteiger partial charge in [-0.2, -0.15) is 0 Å². The van der Waals surface area contributed by atoms with Crippen molar-refractivity contribution in [1.29, 1.82) is 0 Å². The minimum Gasteiger partial charge on any atom is -0.300 e. The van der Waals surface area contributed by atoms with E-state index in [1.54, 1.807) is 10.6 Å². The van der Waals surface area contributed by atoms with Gasteiger partial charge in [0.25, 0.3) is 5.56 Å². The molecule has 0 saturated carbocycles. The first-order valence-corrected chi connectivity index (χ1v) is 10.6. The molecule has 0 spiro atoms. The number of anilines is 1. The largest absolute Gasteiger partial charge is 0.300 e. The first kappa shape index (κ1) is 19.5. The molecular weight excluding hydrogens is 382 g/mol. The van der Waals surface area contributed by atoms with Gasteiger partial charge in [-0.3, -0.25) is 14.0 Å². The first-order chi connectivity index (χ1) is 13.0. The molecule has 9 heteroatoms. The number of pyridine rings is 1. The zero-order valence-electron chi connectivity index (χ0n) is 15.4. The Kier molecular flexibility index (Phi) is 6.22. The first-order valence-electron chi connectivity index (χ1n) is 8.76. The third kappa shape index (κ3) is 4.72. The van der Waals surface area contributed by atoms with E-state index < -0.39 is 0 Å². The van der Waals surface area contributed by atoms with Crippen LogP contribution in [0, 0.1) is 12.8 Å². The third-order valence-corrected chi connectivity index (χ3v) is 6.20. The lowest BCUT2D eigenvalue weighted by molar-refractivity contribution is -0.120. The number of thioether (sulfide) groups is 1. The van der Waals surface area contributed by atoms with Crippen LogP contribution in [0.4, 0.5) is 5.13 Å². The number of carbonyl (C=O) groups is 1. The van der Waals surface area contributed by atoms with Gasteiger partial charge in [-0.05, 0) is 31.4 Å². The average Bonchev–Trinajstić information content (AvgIpc) is 3.09. The summed E-state index contributed by atoms with van der Waals surface area (Å²) in [5, 5.41) is 11.4. The average molecular weight is 404 g/mol. The summed E-state index contributed by atoms with van der Waals surface area (Å²) in [6.07, 6.45) is 3.37. The molecule has 3 aromatic heterocycles. The van der Waals surface area contributed by atoms with Crippen LogP contribution < -0.4 is 10.9 Å². The highest BCUT2D eigenvalue weighted by Crippen LogP contribution is 2.28. The van der Waals surface area contributed by atoms with Gasteiger partial charge in [0.15, 0.2) is 4.34 Å². The Bertz CT molecular complexity index is 1010. The maximum atomic E-state index is 12.3. The molecule has 1 N–H and O–H groups in total. The molecule has 0 saturated heterocycles. The molecular formula is C18H21N5O2S2. The molecule has 3 rings (SSSR count). The number of nitrogens with one attached hydrogen (secondary N) is 1.